The standard InChI is InChI=1S/C8H14N2O3/c1-5-2-3-7(12)10(5)6(4-11)8(9)13/h5-6,11H,2-4H2,1H3,(H2,9,13)/t5?,6-/m0/s1. The first-order chi connectivity index (χ1) is 6.07. The predicted molar refractivity (Wildman–Crippen MR) is 45.6 cm³/mol. The fourth-order valence-corrected chi connectivity index (χ4v) is 1.64. The number of nitrogens with two attached hydrogens (primary N) is 1. The van der Waals surface area contributed by atoms with Gasteiger partial charge in [0.05, 0.1) is 6.61 Å². The third-order valence-corrected chi connectivity index (χ3v) is 2.38. The number of hydrogen-bond donors (Lipinski definition) is 2. The summed E-state index contributed by atoms with van der Waals surface area (Å²) in [7, 11) is 0. The normalized spacial score (nSPS) is 24.9. The van der Waals surface area contributed by atoms with Gasteiger partial charge in [0.1, 0.15) is 6.04 Å². The fraction of sp³-hybridized carbons (Fsp3) is 0.750. The Morgan fingerprint density at radius 1 is 1.85 bits per heavy atom. The van der Waals surface area contributed by atoms with Gasteiger partial charge in [-0.25, -0.2) is 0 Å². The van der Waals surface area contributed by atoms with Gasteiger partial charge in [-0.3, -0.25) is 9.59 Å². The quantitative estimate of drug-likeness (QED) is 0.583. The van der Waals surface area contributed by atoms with Crippen LogP contribution >= 0.6 is 0 Å². The maximum absolute atomic E-state index is 11.3. The number of hydrogen-bond acceptors (Lipinski definition) is 3. The molecule has 2 amide bonds. The second-order valence-electron chi connectivity index (χ2n) is 3.29. The van der Waals surface area contributed by atoms with Crippen LogP contribution in [0.2, 0.25) is 0 Å². The van der Waals surface area contributed by atoms with Gasteiger partial charge >= 0.3 is 0 Å². The predicted octanol–water partition coefficient (Wildman–Crippen LogP) is -1.16. The van der Waals surface area contributed by atoms with Gasteiger partial charge in [0, 0.05) is 12.5 Å². The lowest BCUT2D eigenvalue weighted by molar-refractivity contribution is -0.139. The zero-order valence-electron chi connectivity index (χ0n) is 7.56. The lowest BCUT2D eigenvalue weighted by atomic mass is 10.2. The van der Waals surface area contributed by atoms with E-state index >= 15 is 0 Å². The van der Waals surface area contributed by atoms with Gasteiger partial charge in [-0.1, -0.05) is 0 Å². The zero-order valence-corrected chi connectivity index (χ0v) is 7.56. The van der Waals surface area contributed by atoms with E-state index in [9.17, 15) is 9.59 Å². The number of carbonyl (C=O) groups is 2. The molecule has 13 heavy (non-hydrogen) atoms. The molecule has 74 valence electrons. The number of aliphatic hydroxyl groups is 1. The summed E-state index contributed by atoms with van der Waals surface area (Å²) in [6, 6.07) is -0.859. The monoisotopic (exact) mass is 186 g/mol. The van der Waals surface area contributed by atoms with Crippen molar-refractivity contribution >= 4 is 11.8 Å². The summed E-state index contributed by atoms with van der Waals surface area (Å²) in [5.74, 6) is -0.755. The number of nitrogens with zero attached hydrogens (tertiary/aromatic N) is 1. The average Bonchev–Trinajstić information content (AvgIpc) is 2.36. The summed E-state index contributed by atoms with van der Waals surface area (Å²) < 4.78 is 0. The molecule has 1 saturated heterocycles. The molecule has 1 fully saturated rings. The van der Waals surface area contributed by atoms with Crippen LogP contribution in [0.4, 0.5) is 0 Å². The van der Waals surface area contributed by atoms with E-state index in [0.29, 0.717) is 6.42 Å². The summed E-state index contributed by atoms with van der Waals surface area (Å²) in [5, 5.41) is 8.90. The summed E-state index contributed by atoms with van der Waals surface area (Å²) in [4.78, 5) is 23.6. The largest absolute Gasteiger partial charge is 0.394 e. The first-order valence-corrected chi connectivity index (χ1v) is 4.29. The van der Waals surface area contributed by atoms with Crippen LogP contribution in [-0.4, -0.2) is 40.5 Å². The molecule has 0 aromatic carbocycles. The molecule has 0 spiro atoms. The SMILES string of the molecule is CC1CCC(=O)N1[C@@H](CO)C(N)=O. The molecule has 0 radical (unpaired) electrons. The minimum absolute atomic E-state index is 0.00264. The maximum atomic E-state index is 11.3. The van der Waals surface area contributed by atoms with Crippen LogP contribution in [0, 0.1) is 0 Å². The summed E-state index contributed by atoms with van der Waals surface area (Å²) in [5.41, 5.74) is 5.06. The molecule has 0 bridgehead atoms. The molecule has 2 atom stereocenters. The van der Waals surface area contributed by atoms with Gasteiger partial charge in [-0.2, -0.15) is 0 Å². The zero-order chi connectivity index (χ0) is 10.0. The van der Waals surface area contributed by atoms with Crippen molar-refractivity contribution in [1.29, 1.82) is 0 Å². The van der Waals surface area contributed by atoms with Crippen molar-refractivity contribution in [2.24, 2.45) is 5.73 Å². The lowest BCUT2D eigenvalue weighted by Crippen LogP contribution is -2.50. The molecule has 1 rings (SSSR count). The molecule has 0 aromatic heterocycles. The summed E-state index contributed by atoms with van der Waals surface area (Å²) in [6.45, 7) is 1.45. The van der Waals surface area contributed by atoms with E-state index in [1.54, 1.807) is 0 Å². The van der Waals surface area contributed by atoms with Crippen molar-refractivity contribution < 1.29 is 14.7 Å². The molecule has 1 unspecified atom stereocenters. The molecule has 0 aliphatic carbocycles. The van der Waals surface area contributed by atoms with Crippen LogP contribution in [0.1, 0.15) is 19.8 Å². The van der Waals surface area contributed by atoms with Crippen molar-refractivity contribution in [3.05, 3.63) is 0 Å². The fourth-order valence-electron chi connectivity index (χ4n) is 1.64. The van der Waals surface area contributed by atoms with Crippen LogP contribution in [-0.2, 0) is 9.59 Å². The van der Waals surface area contributed by atoms with E-state index in [0.717, 1.165) is 6.42 Å². The minimum Gasteiger partial charge on any atom is -0.394 e. The number of rotatable bonds is 3. The number of carbonyl (C=O) groups excluding carboxylic acids is 2. The van der Waals surface area contributed by atoms with E-state index in [1.165, 1.54) is 4.90 Å². The Hall–Kier alpha value is -1.10. The van der Waals surface area contributed by atoms with Gasteiger partial charge in [-0.15, -0.1) is 0 Å². The molecule has 5 heteroatoms. The third-order valence-electron chi connectivity index (χ3n) is 2.38. The summed E-state index contributed by atoms with van der Waals surface area (Å²) in [6.07, 6.45) is 1.16. The first-order valence-electron chi connectivity index (χ1n) is 4.29. The van der Waals surface area contributed by atoms with Crippen molar-refractivity contribution in [1.82, 2.24) is 4.90 Å². The number of aliphatic hydroxyl groups excluding tert-OH is 1. The highest BCUT2D eigenvalue weighted by atomic mass is 16.3. The van der Waals surface area contributed by atoms with Gasteiger partial charge in [0.25, 0.3) is 0 Å². The van der Waals surface area contributed by atoms with Gasteiger partial charge in [-0.05, 0) is 13.3 Å². The van der Waals surface area contributed by atoms with Crippen molar-refractivity contribution in [2.75, 3.05) is 6.61 Å². The number of likely N-dealkylation sites (tertiary alicyclic amines) is 1. The molecular weight excluding hydrogens is 172 g/mol. The Labute approximate surface area is 76.5 Å². The molecule has 1 heterocycles. The minimum atomic E-state index is -0.856. The molecule has 5 nitrogen and oxygen atoms in total. The number of primary amides is 1. The highest BCUT2D eigenvalue weighted by Gasteiger charge is 2.35. The molecule has 0 saturated carbocycles. The Kier molecular flexibility index (Phi) is 2.87. The molecule has 1 aliphatic heterocycles. The average molecular weight is 186 g/mol. The molecular formula is C8H14N2O3. The second-order valence-corrected chi connectivity index (χ2v) is 3.29. The van der Waals surface area contributed by atoms with Crippen molar-refractivity contribution in [3.8, 4) is 0 Å². The van der Waals surface area contributed by atoms with Gasteiger partial charge < -0.3 is 15.7 Å². The van der Waals surface area contributed by atoms with E-state index in [2.05, 4.69) is 0 Å². The van der Waals surface area contributed by atoms with Gasteiger partial charge in [0.2, 0.25) is 11.8 Å². The van der Waals surface area contributed by atoms with E-state index < -0.39 is 18.6 Å². The van der Waals surface area contributed by atoms with Crippen molar-refractivity contribution in [3.63, 3.8) is 0 Å². The Morgan fingerprint density at radius 2 is 2.46 bits per heavy atom. The van der Waals surface area contributed by atoms with E-state index in [4.69, 9.17) is 10.8 Å². The van der Waals surface area contributed by atoms with E-state index in [-0.39, 0.29) is 11.9 Å². The van der Waals surface area contributed by atoms with Crippen LogP contribution < -0.4 is 5.73 Å². The maximum Gasteiger partial charge on any atom is 0.242 e. The Balaban J connectivity index is 2.77. The molecule has 0 aromatic rings. The third kappa shape index (κ3) is 1.80. The van der Waals surface area contributed by atoms with Crippen LogP contribution in [0.15, 0.2) is 0 Å². The highest BCUT2D eigenvalue weighted by Crippen LogP contribution is 2.20. The van der Waals surface area contributed by atoms with Crippen LogP contribution in [0.25, 0.3) is 0 Å². The Morgan fingerprint density at radius 3 is 2.77 bits per heavy atom. The van der Waals surface area contributed by atoms with Gasteiger partial charge in [0.15, 0.2) is 0 Å². The smallest absolute Gasteiger partial charge is 0.242 e. The topological polar surface area (TPSA) is 83.6 Å². The van der Waals surface area contributed by atoms with Crippen molar-refractivity contribution in [2.45, 2.75) is 31.8 Å². The Bertz CT molecular complexity index is 229. The summed E-state index contributed by atoms with van der Waals surface area (Å²) >= 11 is 0. The molecule has 3 N–H and O–H groups in total. The van der Waals surface area contributed by atoms with E-state index in [1.807, 2.05) is 6.92 Å². The van der Waals surface area contributed by atoms with Crippen LogP contribution in [0.5, 0.6) is 0 Å². The molecule has 1 aliphatic rings. The lowest BCUT2D eigenvalue weighted by Gasteiger charge is -2.27. The number of amides is 2. The highest BCUT2D eigenvalue weighted by molar-refractivity contribution is 5.88. The van der Waals surface area contributed by atoms with Crippen LogP contribution in [0.3, 0.4) is 0 Å². The first kappa shape index (κ1) is 9.98. The second kappa shape index (κ2) is 3.74.